The van der Waals surface area contributed by atoms with Crippen molar-refractivity contribution in [3.05, 3.63) is 0 Å². The van der Waals surface area contributed by atoms with Crippen LogP contribution in [0.2, 0.25) is 0 Å². The lowest BCUT2D eigenvalue weighted by atomic mass is 10.4. The number of carbonyl (C=O) groups excluding carboxylic acids is 1. The highest BCUT2D eigenvalue weighted by molar-refractivity contribution is 7.89. The maximum Gasteiger partial charge on any atom is 0.322 e. The van der Waals surface area contributed by atoms with Gasteiger partial charge in [-0.05, 0) is 13.8 Å². The molecule has 15 heavy (non-hydrogen) atoms. The lowest BCUT2D eigenvalue weighted by Gasteiger charge is -2.24. The molecule has 0 aliphatic carbocycles. The Balaban J connectivity index is 4.72. The summed E-state index contributed by atoms with van der Waals surface area (Å²) in [5.74, 6) is -1.50. The van der Waals surface area contributed by atoms with Gasteiger partial charge in [0.1, 0.15) is 0 Å². The second-order valence-electron chi connectivity index (χ2n) is 3.26. The molecule has 0 bridgehead atoms. The number of carbonyl (C=O) groups is 1. The van der Waals surface area contributed by atoms with Crippen LogP contribution in [0.4, 0.5) is 0 Å². The summed E-state index contributed by atoms with van der Waals surface area (Å²) >= 11 is 0. The standard InChI is InChI=1S/C8H17NO5S/c1-7(2)9(4-5-10)15(12,13)6-8(11)14-3/h7,10H,4-6H2,1-3H3. The fourth-order valence-corrected chi connectivity index (χ4v) is 2.69. The van der Waals surface area contributed by atoms with Gasteiger partial charge in [-0.2, -0.15) is 4.31 Å². The van der Waals surface area contributed by atoms with Gasteiger partial charge >= 0.3 is 5.97 Å². The molecule has 0 spiro atoms. The summed E-state index contributed by atoms with van der Waals surface area (Å²) in [6, 6.07) is -0.299. The van der Waals surface area contributed by atoms with Crippen LogP contribution in [-0.4, -0.2) is 55.9 Å². The van der Waals surface area contributed by atoms with Gasteiger partial charge in [-0.1, -0.05) is 0 Å². The minimum Gasteiger partial charge on any atom is -0.468 e. The Kier molecular flexibility index (Phi) is 5.77. The van der Waals surface area contributed by atoms with E-state index < -0.39 is 21.7 Å². The summed E-state index contributed by atoms with van der Waals surface area (Å²) in [6.07, 6.45) is 0. The molecule has 0 heterocycles. The molecule has 0 aromatic carbocycles. The second kappa shape index (κ2) is 6.04. The molecule has 0 aromatic rings. The molecule has 0 radical (unpaired) electrons. The van der Waals surface area contributed by atoms with Crippen molar-refractivity contribution >= 4 is 16.0 Å². The summed E-state index contributed by atoms with van der Waals surface area (Å²) in [7, 11) is -2.57. The quantitative estimate of drug-likeness (QED) is 0.613. The molecule has 0 aromatic heterocycles. The second-order valence-corrected chi connectivity index (χ2v) is 5.18. The SMILES string of the molecule is COC(=O)CS(=O)(=O)N(CCO)C(C)C. The molecule has 0 aliphatic rings. The molecular weight excluding hydrogens is 222 g/mol. The van der Waals surface area contributed by atoms with Crippen LogP contribution in [0.5, 0.6) is 0 Å². The summed E-state index contributed by atoms with van der Waals surface area (Å²) in [5, 5.41) is 8.72. The first kappa shape index (κ1) is 14.3. The van der Waals surface area contributed by atoms with E-state index in [2.05, 4.69) is 4.74 Å². The summed E-state index contributed by atoms with van der Waals surface area (Å²) in [4.78, 5) is 10.9. The van der Waals surface area contributed by atoms with Crippen molar-refractivity contribution < 1.29 is 23.1 Å². The van der Waals surface area contributed by atoms with Gasteiger partial charge in [0, 0.05) is 12.6 Å². The molecule has 1 N–H and O–H groups in total. The van der Waals surface area contributed by atoms with Crippen LogP contribution in [0.15, 0.2) is 0 Å². The van der Waals surface area contributed by atoms with E-state index in [-0.39, 0.29) is 19.2 Å². The van der Waals surface area contributed by atoms with Crippen LogP contribution in [0.25, 0.3) is 0 Å². The molecule has 0 atom stereocenters. The Bertz CT molecular complexity index is 298. The van der Waals surface area contributed by atoms with Crippen molar-refractivity contribution in [3.8, 4) is 0 Å². The predicted octanol–water partition coefficient (Wildman–Crippen LogP) is -0.808. The zero-order valence-corrected chi connectivity index (χ0v) is 9.95. The van der Waals surface area contributed by atoms with Gasteiger partial charge in [0.2, 0.25) is 10.0 Å². The Morgan fingerprint density at radius 3 is 2.33 bits per heavy atom. The number of esters is 1. The molecule has 0 rings (SSSR count). The number of nitrogens with zero attached hydrogens (tertiary/aromatic N) is 1. The van der Waals surface area contributed by atoms with Crippen molar-refractivity contribution in [2.45, 2.75) is 19.9 Å². The number of hydrogen-bond acceptors (Lipinski definition) is 5. The normalized spacial score (nSPS) is 12.1. The minimum absolute atomic E-state index is 0.0169. The Labute approximate surface area is 89.9 Å². The smallest absolute Gasteiger partial charge is 0.322 e. The van der Waals surface area contributed by atoms with Gasteiger partial charge in [-0.15, -0.1) is 0 Å². The van der Waals surface area contributed by atoms with Crippen LogP contribution < -0.4 is 0 Å². The van der Waals surface area contributed by atoms with Crippen LogP contribution in [0.1, 0.15) is 13.8 Å². The van der Waals surface area contributed by atoms with E-state index in [1.54, 1.807) is 13.8 Å². The largest absolute Gasteiger partial charge is 0.468 e. The third-order valence-electron chi connectivity index (χ3n) is 1.78. The van der Waals surface area contributed by atoms with Crippen LogP contribution in [0.3, 0.4) is 0 Å². The summed E-state index contributed by atoms with van der Waals surface area (Å²) < 4.78 is 28.7. The maximum atomic E-state index is 11.6. The topological polar surface area (TPSA) is 83.9 Å². The molecule has 0 amide bonds. The first-order chi connectivity index (χ1) is 6.85. The van der Waals surface area contributed by atoms with E-state index in [0.29, 0.717) is 0 Å². The van der Waals surface area contributed by atoms with Gasteiger partial charge in [-0.25, -0.2) is 8.42 Å². The molecule has 0 saturated carbocycles. The van der Waals surface area contributed by atoms with Crippen LogP contribution in [-0.2, 0) is 19.6 Å². The fraction of sp³-hybridized carbons (Fsp3) is 0.875. The van der Waals surface area contributed by atoms with Gasteiger partial charge in [-0.3, -0.25) is 4.79 Å². The molecule has 0 aliphatic heterocycles. The van der Waals surface area contributed by atoms with Gasteiger partial charge < -0.3 is 9.84 Å². The Hall–Kier alpha value is -0.660. The first-order valence-electron chi connectivity index (χ1n) is 4.52. The number of rotatable bonds is 6. The van der Waals surface area contributed by atoms with E-state index >= 15 is 0 Å². The highest BCUT2D eigenvalue weighted by Crippen LogP contribution is 2.07. The van der Waals surface area contributed by atoms with Crippen LogP contribution >= 0.6 is 0 Å². The van der Waals surface area contributed by atoms with Crippen molar-refractivity contribution in [2.24, 2.45) is 0 Å². The lowest BCUT2D eigenvalue weighted by molar-refractivity contribution is -0.137. The minimum atomic E-state index is -3.70. The van der Waals surface area contributed by atoms with E-state index in [1.807, 2.05) is 0 Å². The summed E-state index contributed by atoms with van der Waals surface area (Å²) in [6.45, 7) is 3.05. The Morgan fingerprint density at radius 1 is 1.47 bits per heavy atom. The lowest BCUT2D eigenvalue weighted by Crippen LogP contribution is -2.42. The zero-order chi connectivity index (χ0) is 12.1. The van der Waals surface area contributed by atoms with Crippen molar-refractivity contribution in [2.75, 3.05) is 26.0 Å². The van der Waals surface area contributed by atoms with Gasteiger partial charge in [0.15, 0.2) is 5.75 Å². The highest BCUT2D eigenvalue weighted by Gasteiger charge is 2.27. The van der Waals surface area contributed by atoms with Crippen molar-refractivity contribution in [1.82, 2.24) is 4.31 Å². The predicted molar refractivity (Wildman–Crippen MR) is 54.7 cm³/mol. The third-order valence-corrected chi connectivity index (χ3v) is 3.70. The molecule has 0 unspecified atom stereocenters. The molecule has 90 valence electrons. The molecule has 0 fully saturated rings. The summed E-state index contributed by atoms with van der Waals surface area (Å²) in [5.41, 5.74) is 0. The van der Waals surface area contributed by atoms with Crippen LogP contribution in [0, 0.1) is 0 Å². The van der Waals surface area contributed by atoms with E-state index in [0.717, 1.165) is 11.4 Å². The van der Waals surface area contributed by atoms with E-state index in [1.165, 1.54) is 0 Å². The molecule has 6 nitrogen and oxygen atoms in total. The molecule has 7 heteroatoms. The highest BCUT2D eigenvalue weighted by atomic mass is 32.2. The average Bonchev–Trinajstić information content (AvgIpc) is 2.12. The monoisotopic (exact) mass is 239 g/mol. The number of sulfonamides is 1. The third kappa shape index (κ3) is 4.59. The van der Waals surface area contributed by atoms with Gasteiger partial charge in [0.05, 0.1) is 13.7 Å². The average molecular weight is 239 g/mol. The van der Waals surface area contributed by atoms with Gasteiger partial charge in [0.25, 0.3) is 0 Å². The van der Waals surface area contributed by atoms with E-state index in [4.69, 9.17) is 5.11 Å². The maximum absolute atomic E-state index is 11.6. The van der Waals surface area contributed by atoms with Crippen molar-refractivity contribution in [3.63, 3.8) is 0 Å². The number of ether oxygens (including phenoxy) is 1. The molecule has 0 saturated heterocycles. The zero-order valence-electron chi connectivity index (χ0n) is 9.13. The fourth-order valence-electron chi connectivity index (χ4n) is 1.11. The van der Waals surface area contributed by atoms with Crippen molar-refractivity contribution in [1.29, 1.82) is 0 Å². The number of hydrogen-bond donors (Lipinski definition) is 1. The Morgan fingerprint density at radius 2 is 2.00 bits per heavy atom. The van der Waals surface area contributed by atoms with E-state index in [9.17, 15) is 13.2 Å². The number of aliphatic hydroxyl groups is 1. The number of aliphatic hydroxyl groups excluding tert-OH is 1. The molecular formula is C8H17NO5S. The first-order valence-corrected chi connectivity index (χ1v) is 6.13. The number of methoxy groups -OCH3 is 1.